The average molecular weight is 579 g/mol. The van der Waals surface area contributed by atoms with Gasteiger partial charge in [0.05, 0.1) is 0 Å². The molecule has 0 saturated heterocycles. The molecule has 0 heterocycles. The summed E-state index contributed by atoms with van der Waals surface area (Å²) in [5, 5.41) is 7.85. The van der Waals surface area contributed by atoms with E-state index in [0.29, 0.717) is 0 Å². The summed E-state index contributed by atoms with van der Waals surface area (Å²) < 4.78 is 0. The highest BCUT2D eigenvalue weighted by Gasteiger charge is 2.39. The van der Waals surface area contributed by atoms with Crippen LogP contribution in [0.25, 0.3) is 76.9 Å². The monoisotopic (exact) mass is 578 g/mol. The molecule has 0 fully saturated rings. The molecule has 3 aliphatic carbocycles. The molecule has 8 aromatic carbocycles. The smallest absolute Gasteiger partial charge is 0.000116 e. The lowest BCUT2D eigenvalue weighted by atomic mass is 9.88. The fraction of sp³-hybridized carbons (Fsp3) is 0. The summed E-state index contributed by atoms with van der Waals surface area (Å²) in [5.74, 6) is 0. The third-order valence-electron chi connectivity index (χ3n) is 10.5. The van der Waals surface area contributed by atoms with Gasteiger partial charge in [0.1, 0.15) is 0 Å². The van der Waals surface area contributed by atoms with E-state index in [9.17, 15) is 0 Å². The Labute approximate surface area is 267 Å². The van der Waals surface area contributed by atoms with Gasteiger partial charge >= 0.3 is 0 Å². The molecule has 0 heteroatoms. The number of fused-ring (bicyclic) bond motifs is 12. The summed E-state index contributed by atoms with van der Waals surface area (Å²) >= 11 is 0. The molecular formula is C46H26. The minimum absolute atomic E-state index is 1.26. The Hall–Kier alpha value is -5.98. The number of hydrogen-bond donors (Lipinski definition) is 0. The van der Waals surface area contributed by atoms with Gasteiger partial charge in [0.25, 0.3) is 0 Å². The summed E-state index contributed by atoms with van der Waals surface area (Å²) in [5.41, 5.74) is 18.6. The number of hydrogen-bond acceptors (Lipinski definition) is 0. The van der Waals surface area contributed by atoms with Crippen molar-refractivity contribution in [3.8, 4) is 22.3 Å². The maximum Gasteiger partial charge on any atom is -0.000116 e. The highest BCUT2D eigenvalue weighted by atomic mass is 14.4. The second kappa shape index (κ2) is 8.81. The van der Waals surface area contributed by atoms with Crippen LogP contribution in [0.1, 0.15) is 33.4 Å². The van der Waals surface area contributed by atoms with E-state index in [1.165, 1.54) is 110 Å². The molecule has 0 aromatic heterocycles. The Morgan fingerprint density at radius 3 is 1.43 bits per heavy atom. The lowest BCUT2D eigenvalue weighted by Crippen LogP contribution is -1.94. The molecule has 0 nitrogen and oxygen atoms in total. The summed E-state index contributed by atoms with van der Waals surface area (Å²) in [6.07, 6.45) is 0. The van der Waals surface area contributed by atoms with Crippen LogP contribution in [0, 0.1) is 0 Å². The van der Waals surface area contributed by atoms with Crippen molar-refractivity contribution in [3.63, 3.8) is 0 Å². The summed E-state index contributed by atoms with van der Waals surface area (Å²) in [6.45, 7) is 0. The van der Waals surface area contributed by atoms with Gasteiger partial charge in [-0.3, -0.25) is 0 Å². The van der Waals surface area contributed by atoms with Crippen molar-refractivity contribution in [1.29, 1.82) is 0 Å². The Morgan fingerprint density at radius 2 is 0.783 bits per heavy atom. The molecule has 0 unspecified atom stereocenters. The third kappa shape index (κ3) is 3.04. The van der Waals surface area contributed by atoms with Crippen LogP contribution in [0.4, 0.5) is 0 Å². The molecule has 210 valence electrons. The van der Waals surface area contributed by atoms with E-state index in [2.05, 4.69) is 158 Å². The van der Waals surface area contributed by atoms with Gasteiger partial charge in [-0.05, 0) is 116 Å². The van der Waals surface area contributed by atoms with E-state index in [1.807, 2.05) is 0 Å². The van der Waals surface area contributed by atoms with Gasteiger partial charge in [-0.25, -0.2) is 0 Å². The van der Waals surface area contributed by atoms with E-state index < -0.39 is 0 Å². The normalized spacial score (nSPS) is 13.9. The van der Waals surface area contributed by atoms with Crippen LogP contribution in [0.2, 0.25) is 0 Å². The first-order valence-corrected chi connectivity index (χ1v) is 16.1. The molecular weight excluding hydrogens is 553 g/mol. The first kappa shape index (κ1) is 24.4. The molecule has 0 bridgehead atoms. The largest absolute Gasteiger partial charge is 0.0622 e. The van der Waals surface area contributed by atoms with Crippen LogP contribution in [-0.2, 0) is 0 Å². The Kier molecular flexibility index (Phi) is 4.66. The average Bonchev–Trinajstić information content (AvgIpc) is 3.75. The summed E-state index contributed by atoms with van der Waals surface area (Å²) in [4.78, 5) is 0. The van der Waals surface area contributed by atoms with Crippen molar-refractivity contribution in [2.24, 2.45) is 0 Å². The molecule has 0 spiro atoms. The highest BCUT2D eigenvalue weighted by molar-refractivity contribution is 6.39. The topological polar surface area (TPSA) is 0 Å². The van der Waals surface area contributed by atoms with Gasteiger partial charge in [0.2, 0.25) is 0 Å². The summed E-state index contributed by atoms with van der Waals surface area (Å²) in [6, 6.07) is 58.8. The van der Waals surface area contributed by atoms with Crippen LogP contribution in [0.5, 0.6) is 0 Å². The van der Waals surface area contributed by atoms with Crippen LogP contribution in [0.3, 0.4) is 0 Å². The molecule has 0 atom stereocenters. The SMILES string of the molecule is c1ccc(C2=C3C(=C(c4ccc5c(c4)-c4cccc6cccc-5c46)c4ccc5ccccc5c43)c3c2ccc2ccccc32)cc1. The van der Waals surface area contributed by atoms with Crippen LogP contribution >= 0.6 is 0 Å². The first-order chi connectivity index (χ1) is 22.8. The molecule has 3 aliphatic rings. The van der Waals surface area contributed by atoms with E-state index >= 15 is 0 Å². The van der Waals surface area contributed by atoms with Crippen molar-refractivity contribution < 1.29 is 0 Å². The quantitative estimate of drug-likeness (QED) is 0.191. The van der Waals surface area contributed by atoms with E-state index in [4.69, 9.17) is 0 Å². The highest BCUT2D eigenvalue weighted by Crippen LogP contribution is 2.61. The molecule has 0 N–H and O–H groups in total. The minimum Gasteiger partial charge on any atom is -0.0622 e. The van der Waals surface area contributed by atoms with Crippen LogP contribution in [-0.4, -0.2) is 0 Å². The summed E-state index contributed by atoms with van der Waals surface area (Å²) in [7, 11) is 0. The molecule has 0 saturated carbocycles. The molecule has 46 heavy (non-hydrogen) atoms. The zero-order valence-corrected chi connectivity index (χ0v) is 25.0. The minimum atomic E-state index is 1.26. The van der Waals surface area contributed by atoms with Gasteiger partial charge in [-0.1, -0.05) is 152 Å². The second-order valence-electron chi connectivity index (χ2n) is 12.8. The van der Waals surface area contributed by atoms with E-state index in [0.717, 1.165) is 0 Å². The maximum absolute atomic E-state index is 2.47. The zero-order valence-electron chi connectivity index (χ0n) is 25.0. The van der Waals surface area contributed by atoms with Gasteiger partial charge in [-0.2, -0.15) is 0 Å². The molecule has 0 radical (unpaired) electrons. The number of benzene rings is 8. The van der Waals surface area contributed by atoms with Crippen molar-refractivity contribution >= 4 is 54.6 Å². The van der Waals surface area contributed by atoms with Gasteiger partial charge in [0.15, 0.2) is 0 Å². The zero-order chi connectivity index (χ0) is 29.9. The Morgan fingerprint density at radius 1 is 0.261 bits per heavy atom. The standard InChI is InChI=1S/C46H26/c1-2-12-30(13-3-1)41-37-24-20-27-10-4-6-16-32(27)43(37)46-42(38-25-21-28-11-5-7-17-33(28)44(38)45(41)46)31-22-23-34-35-18-8-14-29-15-9-19-36(40(29)35)39(34)26-31/h1-26H. The van der Waals surface area contributed by atoms with E-state index in [-0.39, 0.29) is 0 Å². The maximum atomic E-state index is 2.47. The lowest BCUT2D eigenvalue weighted by Gasteiger charge is -2.15. The van der Waals surface area contributed by atoms with Gasteiger partial charge < -0.3 is 0 Å². The fourth-order valence-electron chi connectivity index (χ4n) is 8.67. The van der Waals surface area contributed by atoms with Crippen LogP contribution < -0.4 is 0 Å². The van der Waals surface area contributed by atoms with Crippen molar-refractivity contribution in [3.05, 3.63) is 191 Å². The predicted molar refractivity (Wildman–Crippen MR) is 195 cm³/mol. The van der Waals surface area contributed by atoms with Crippen molar-refractivity contribution in [1.82, 2.24) is 0 Å². The molecule has 0 aliphatic heterocycles. The van der Waals surface area contributed by atoms with E-state index in [1.54, 1.807) is 0 Å². The molecule has 0 amide bonds. The van der Waals surface area contributed by atoms with Gasteiger partial charge in [0, 0.05) is 0 Å². The molecule has 8 aromatic rings. The van der Waals surface area contributed by atoms with Crippen molar-refractivity contribution in [2.45, 2.75) is 0 Å². The van der Waals surface area contributed by atoms with Crippen molar-refractivity contribution in [2.75, 3.05) is 0 Å². The molecule has 11 rings (SSSR count). The Balaban J connectivity index is 1.31. The van der Waals surface area contributed by atoms with Crippen LogP contribution in [0.15, 0.2) is 158 Å². The second-order valence-corrected chi connectivity index (χ2v) is 12.8. The fourth-order valence-corrected chi connectivity index (χ4v) is 8.67. The third-order valence-corrected chi connectivity index (χ3v) is 10.5. The first-order valence-electron chi connectivity index (χ1n) is 16.1. The lowest BCUT2D eigenvalue weighted by molar-refractivity contribution is 1.55. The number of allylic oxidation sites excluding steroid dienone is 2. The van der Waals surface area contributed by atoms with Gasteiger partial charge in [-0.15, -0.1) is 0 Å². The predicted octanol–water partition coefficient (Wildman–Crippen LogP) is 12.0. The Bertz CT molecular complexity index is 2710. The number of rotatable bonds is 2.